The largest absolute Gasteiger partial charge is 0.488 e. The minimum absolute atomic E-state index is 0.0127. The summed E-state index contributed by atoms with van der Waals surface area (Å²) in [6.45, 7) is 3.87. The monoisotopic (exact) mass is 234 g/mol. The summed E-state index contributed by atoms with van der Waals surface area (Å²) < 4.78 is 5.71. The van der Waals surface area contributed by atoms with Gasteiger partial charge >= 0.3 is 0 Å². The van der Waals surface area contributed by atoms with Gasteiger partial charge in [0.2, 0.25) is 5.91 Å². The van der Waals surface area contributed by atoms with Gasteiger partial charge in [0.15, 0.2) is 0 Å². The lowest BCUT2D eigenvalue weighted by atomic mass is 10.1. The fraction of sp³-hybridized carbons (Fsp3) is 0.462. The highest BCUT2D eigenvalue weighted by Gasteiger charge is 2.26. The molecular formula is C13H18N2O2. The van der Waals surface area contributed by atoms with E-state index in [9.17, 15) is 4.79 Å². The number of amides is 1. The van der Waals surface area contributed by atoms with E-state index >= 15 is 0 Å². The van der Waals surface area contributed by atoms with Crippen molar-refractivity contribution >= 4 is 5.91 Å². The van der Waals surface area contributed by atoms with E-state index in [1.807, 2.05) is 24.3 Å². The SMILES string of the molecule is CC(C)(N)C(=O)NCC1Cc2ccccc2O1. The molecule has 1 heterocycles. The maximum atomic E-state index is 11.6. The number of nitrogens with one attached hydrogen (secondary N) is 1. The molecule has 0 aromatic heterocycles. The van der Waals surface area contributed by atoms with Crippen LogP contribution < -0.4 is 15.8 Å². The molecule has 0 bridgehead atoms. The van der Waals surface area contributed by atoms with E-state index in [-0.39, 0.29) is 12.0 Å². The van der Waals surface area contributed by atoms with E-state index in [1.54, 1.807) is 13.8 Å². The fourth-order valence-corrected chi connectivity index (χ4v) is 1.80. The molecule has 2 rings (SSSR count). The smallest absolute Gasteiger partial charge is 0.239 e. The Balaban J connectivity index is 1.87. The fourth-order valence-electron chi connectivity index (χ4n) is 1.80. The lowest BCUT2D eigenvalue weighted by Gasteiger charge is -2.19. The molecule has 3 N–H and O–H groups in total. The molecule has 0 saturated carbocycles. The van der Waals surface area contributed by atoms with Crippen molar-refractivity contribution in [1.82, 2.24) is 5.32 Å². The summed E-state index contributed by atoms with van der Waals surface area (Å²) in [7, 11) is 0. The van der Waals surface area contributed by atoms with Crippen molar-refractivity contribution < 1.29 is 9.53 Å². The van der Waals surface area contributed by atoms with E-state index < -0.39 is 5.54 Å². The second-order valence-electron chi connectivity index (χ2n) is 4.98. The number of hydrogen-bond donors (Lipinski definition) is 2. The molecule has 92 valence electrons. The van der Waals surface area contributed by atoms with Crippen LogP contribution in [-0.4, -0.2) is 24.1 Å². The van der Waals surface area contributed by atoms with Crippen molar-refractivity contribution in [3.63, 3.8) is 0 Å². The zero-order chi connectivity index (χ0) is 12.5. The number of fused-ring (bicyclic) bond motifs is 1. The van der Waals surface area contributed by atoms with Crippen LogP contribution in [0.3, 0.4) is 0 Å². The average molecular weight is 234 g/mol. The van der Waals surface area contributed by atoms with E-state index in [0.29, 0.717) is 6.54 Å². The number of nitrogens with two attached hydrogens (primary N) is 1. The van der Waals surface area contributed by atoms with Gasteiger partial charge in [-0.1, -0.05) is 18.2 Å². The number of benzene rings is 1. The van der Waals surface area contributed by atoms with E-state index in [0.717, 1.165) is 12.2 Å². The van der Waals surface area contributed by atoms with Gasteiger partial charge in [-0.05, 0) is 25.5 Å². The van der Waals surface area contributed by atoms with Gasteiger partial charge in [0.05, 0.1) is 12.1 Å². The second-order valence-corrected chi connectivity index (χ2v) is 4.98. The zero-order valence-electron chi connectivity index (χ0n) is 10.2. The molecule has 0 radical (unpaired) electrons. The summed E-state index contributed by atoms with van der Waals surface area (Å²) in [5, 5.41) is 2.81. The molecule has 4 nitrogen and oxygen atoms in total. The molecule has 0 aliphatic carbocycles. The summed E-state index contributed by atoms with van der Waals surface area (Å²) in [6.07, 6.45) is 0.847. The van der Waals surface area contributed by atoms with Crippen LogP contribution in [-0.2, 0) is 11.2 Å². The molecule has 1 aliphatic heterocycles. The number of rotatable bonds is 3. The zero-order valence-corrected chi connectivity index (χ0v) is 10.2. The Kier molecular flexibility index (Phi) is 3.07. The molecule has 1 aliphatic rings. The first-order chi connectivity index (χ1) is 7.97. The van der Waals surface area contributed by atoms with Crippen molar-refractivity contribution in [3.05, 3.63) is 29.8 Å². The summed E-state index contributed by atoms with van der Waals surface area (Å²) in [5.74, 6) is 0.760. The summed E-state index contributed by atoms with van der Waals surface area (Å²) in [4.78, 5) is 11.6. The van der Waals surface area contributed by atoms with E-state index in [2.05, 4.69) is 5.32 Å². The third-order valence-corrected chi connectivity index (χ3v) is 2.79. The van der Waals surface area contributed by atoms with Crippen LogP contribution in [0, 0.1) is 0 Å². The van der Waals surface area contributed by atoms with Gasteiger partial charge in [-0.15, -0.1) is 0 Å². The molecule has 1 aromatic carbocycles. The van der Waals surface area contributed by atoms with Gasteiger partial charge in [-0.25, -0.2) is 0 Å². The Morgan fingerprint density at radius 3 is 2.88 bits per heavy atom. The molecule has 1 atom stereocenters. The van der Waals surface area contributed by atoms with Gasteiger partial charge in [-0.3, -0.25) is 4.79 Å². The van der Waals surface area contributed by atoms with Crippen molar-refractivity contribution in [2.24, 2.45) is 5.73 Å². The predicted molar refractivity (Wildman–Crippen MR) is 65.8 cm³/mol. The Morgan fingerprint density at radius 2 is 2.24 bits per heavy atom. The van der Waals surface area contributed by atoms with Gasteiger partial charge in [0, 0.05) is 6.42 Å². The molecule has 0 spiro atoms. The molecular weight excluding hydrogens is 216 g/mol. The number of hydrogen-bond acceptors (Lipinski definition) is 3. The van der Waals surface area contributed by atoms with Crippen molar-refractivity contribution in [2.45, 2.75) is 31.9 Å². The molecule has 1 aromatic rings. The van der Waals surface area contributed by atoms with Crippen molar-refractivity contribution in [1.29, 1.82) is 0 Å². The Morgan fingerprint density at radius 1 is 1.53 bits per heavy atom. The van der Waals surface area contributed by atoms with Crippen molar-refractivity contribution in [3.8, 4) is 5.75 Å². The lowest BCUT2D eigenvalue weighted by molar-refractivity contribution is -0.125. The van der Waals surface area contributed by atoms with Crippen LogP contribution in [0.4, 0.5) is 0 Å². The molecule has 1 unspecified atom stereocenters. The topological polar surface area (TPSA) is 64.4 Å². The van der Waals surface area contributed by atoms with Gasteiger partial charge < -0.3 is 15.8 Å². The summed E-state index contributed by atoms with van der Waals surface area (Å²) >= 11 is 0. The minimum atomic E-state index is -0.842. The van der Waals surface area contributed by atoms with Crippen LogP contribution in [0.2, 0.25) is 0 Å². The van der Waals surface area contributed by atoms with Crippen LogP contribution >= 0.6 is 0 Å². The number of ether oxygens (including phenoxy) is 1. The summed E-state index contributed by atoms with van der Waals surface area (Å²) in [6, 6.07) is 7.93. The van der Waals surface area contributed by atoms with Gasteiger partial charge in [0.25, 0.3) is 0 Å². The van der Waals surface area contributed by atoms with Gasteiger partial charge in [-0.2, -0.15) is 0 Å². The standard InChI is InChI=1S/C13H18N2O2/c1-13(2,14)12(16)15-8-10-7-9-5-3-4-6-11(9)17-10/h3-6,10H,7-8,14H2,1-2H3,(H,15,16). The molecule has 4 heteroatoms. The highest BCUT2D eigenvalue weighted by atomic mass is 16.5. The number of carbonyl (C=O) groups excluding carboxylic acids is 1. The molecule has 17 heavy (non-hydrogen) atoms. The predicted octanol–water partition coefficient (Wildman–Crippen LogP) is 0.844. The highest BCUT2D eigenvalue weighted by Crippen LogP contribution is 2.27. The number of para-hydroxylation sites is 1. The van der Waals surface area contributed by atoms with Crippen molar-refractivity contribution in [2.75, 3.05) is 6.54 Å². The van der Waals surface area contributed by atoms with Crippen LogP contribution in [0.1, 0.15) is 19.4 Å². The van der Waals surface area contributed by atoms with E-state index in [4.69, 9.17) is 10.5 Å². The van der Waals surface area contributed by atoms with Crippen LogP contribution in [0.5, 0.6) is 5.75 Å². The second kappa shape index (κ2) is 4.37. The van der Waals surface area contributed by atoms with Crippen LogP contribution in [0.25, 0.3) is 0 Å². The number of carbonyl (C=O) groups is 1. The maximum Gasteiger partial charge on any atom is 0.239 e. The third-order valence-electron chi connectivity index (χ3n) is 2.79. The minimum Gasteiger partial charge on any atom is -0.488 e. The third kappa shape index (κ3) is 2.77. The quantitative estimate of drug-likeness (QED) is 0.814. The molecule has 1 amide bonds. The average Bonchev–Trinajstić information content (AvgIpc) is 2.66. The Labute approximate surface area is 101 Å². The maximum absolute atomic E-state index is 11.6. The molecule has 0 fully saturated rings. The first-order valence-corrected chi connectivity index (χ1v) is 5.78. The first kappa shape index (κ1) is 11.9. The van der Waals surface area contributed by atoms with E-state index in [1.165, 1.54) is 5.56 Å². The van der Waals surface area contributed by atoms with Gasteiger partial charge in [0.1, 0.15) is 11.9 Å². The van der Waals surface area contributed by atoms with Crippen LogP contribution in [0.15, 0.2) is 24.3 Å². The Hall–Kier alpha value is -1.55. The normalized spacial score (nSPS) is 18.4. The summed E-state index contributed by atoms with van der Waals surface area (Å²) in [5.41, 5.74) is 6.05. The first-order valence-electron chi connectivity index (χ1n) is 5.78. The lowest BCUT2D eigenvalue weighted by Crippen LogP contribution is -2.51. The molecule has 0 saturated heterocycles. The highest BCUT2D eigenvalue weighted by molar-refractivity contribution is 5.85. The Bertz CT molecular complexity index is 399.